The van der Waals surface area contributed by atoms with E-state index in [1.165, 1.54) is 30.3 Å². The first-order valence-electron chi connectivity index (χ1n) is 8.02. The van der Waals surface area contributed by atoms with E-state index in [1.807, 2.05) is 6.07 Å². The number of aromatic nitrogens is 2. The van der Waals surface area contributed by atoms with Gasteiger partial charge in [-0.3, -0.25) is 14.8 Å². The first-order chi connectivity index (χ1) is 12.3. The molecule has 0 bridgehead atoms. The minimum atomic E-state index is -2.99. The molecule has 3 rings (SSSR count). The number of alkyl halides is 3. The molecule has 1 amide bonds. The standard InChI is InChI=1S/C17H16ClF2N5O/c1-10(18)16(26)24-12-6-17(19,20)9-25(8-12)13-3-2-11(7-21)14-15(13)23-5-4-22-14/h2-5,10,12H,6,8-9H2,1H3,(H,24,26). The number of hydrogen-bond acceptors (Lipinski definition) is 5. The van der Waals surface area contributed by atoms with Crippen LogP contribution in [0.2, 0.25) is 0 Å². The number of anilines is 1. The van der Waals surface area contributed by atoms with Gasteiger partial charge in [-0.05, 0) is 19.1 Å². The van der Waals surface area contributed by atoms with Crippen molar-refractivity contribution in [2.75, 3.05) is 18.0 Å². The van der Waals surface area contributed by atoms with E-state index in [0.29, 0.717) is 22.3 Å². The highest BCUT2D eigenvalue weighted by Gasteiger charge is 2.41. The number of nitriles is 1. The Labute approximate surface area is 153 Å². The van der Waals surface area contributed by atoms with Crippen molar-refractivity contribution in [3.63, 3.8) is 0 Å². The Morgan fingerprint density at radius 2 is 2.12 bits per heavy atom. The van der Waals surface area contributed by atoms with Crippen molar-refractivity contribution in [2.24, 2.45) is 0 Å². The molecule has 1 fully saturated rings. The third kappa shape index (κ3) is 3.68. The van der Waals surface area contributed by atoms with Gasteiger partial charge in [0.1, 0.15) is 22.5 Å². The average Bonchev–Trinajstić information content (AvgIpc) is 2.59. The topological polar surface area (TPSA) is 81.9 Å². The Morgan fingerprint density at radius 1 is 1.42 bits per heavy atom. The molecule has 2 atom stereocenters. The number of carbonyl (C=O) groups is 1. The van der Waals surface area contributed by atoms with Crippen LogP contribution in [0, 0.1) is 11.3 Å². The number of nitrogens with zero attached hydrogens (tertiary/aromatic N) is 4. The zero-order chi connectivity index (χ0) is 18.9. The third-order valence-corrected chi connectivity index (χ3v) is 4.38. The number of amides is 1. The SMILES string of the molecule is CC(Cl)C(=O)NC1CN(c2ccc(C#N)c3nccnc23)CC(F)(F)C1. The number of halogens is 3. The summed E-state index contributed by atoms with van der Waals surface area (Å²) in [4.78, 5) is 21.6. The summed E-state index contributed by atoms with van der Waals surface area (Å²) in [5, 5.41) is 11.0. The maximum Gasteiger partial charge on any atom is 0.267 e. The quantitative estimate of drug-likeness (QED) is 0.828. The first-order valence-corrected chi connectivity index (χ1v) is 8.45. The van der Waals surface area contributed by atoms with Crippen molar-refractivity contribution < 1.29 is 13.6 Å². The monoisotopic (exact) mass is 379 g/mol. The van der Waals surface area contributed by atoms with Gasteiger partial charge in [0.05, 0.1) is 23.8 Å². The molecular weight excluding hydrogens is 364 g/mol. The molecule has 0 saturated carbocycles. The average molecular weight is 380 g/mol. The van der Waals surface area contributed by atoms with Gasteiger partial charge in [-0.15, -0.1) is 11.6 Å². The van der Waals surface area contributed by atoms with Crippen molar-refractivity contribution in [3.8, 4) is 6.07 Å². The summed E-state index contributed by atoms with van der Waals surface area (Å²) >= 11 is 5.72. The third-order valence-electron chi connectivity index (χ3n) is 4.18. The molecule has 0 spiro atoms. The molecule has 2 unspecified atom stereocenters. The van der Waals surface area contributed by atoms with Gasteiger partial charge in [-0.1, -0.05) is 0 Å². The van der Waals surface area contributed by atoms with E-state index in [2.05, 4.69) is 15.3 Å². The normalized spacial score (nSPS) is 20.4. The molecule has 1 aliphatic rings. The second-order valence-corrected chi connectivity index (χ2v) is 6.91. The molecule has 1 saturated heterocycles. The number of nitrogens with one attached hydrogen (secondary N) is 1. The Morgan fingerprint density at radius 3 is 2.77 bits per heavy atom. The molecule has 0 aliphatic carbocycles. The summed E-state index contributed by atoms with van der Waals surface area (Å²) in [6.45, 7) is 1.16. The van der Waals surface area contributed by atoms with E-state index in [-0.39, 0.29) is 6.54 Å². The van der Waals surface area contributed by atoms with Gasteiger partial charge in [0, 0.05) is 25.4 Å². The van der Waals surface area contributed by atoms with Gasteiger partial charge in [0.25, 0.3) is 5.92 Å². The van der Waals surface area contributed by atoms with Crippen LogP contribution in [0.25, 0.3) is 11.0 Å². The second-order valence-electron chi connectivity index (χ2n) is 6.26. The molecule has 1 N–H and O–H groups in total. The Balaban J connectivity index is 1.97. The zero-order valence-corrected chi connectivity index (χ0v) is 14.7. The highest BCUT2D eigenvalue weighted by atomic mass is 35.5. The van der Waals surface area contributed by atoms with Crippen LogP contribution in [0.3, 0.4) is 0 Å². The van der Waals surface area contributed by atoms with E-state index in [0.717, 1.165) is 0 Å². The number of rotatable bonds is 3. The summed E-state index contributed by atoms with van der Waals surface area (Å²) in [6.07, 6.45) is 2.44. The van der Waals surface area contributed by atoms with Crippen LogP contribution >= 0.6 is 11.6 Å². The van der Waals surface area contributed by atoms with Crippen LogP contribution in [0.1, 0.15) is 18.9 Å². The molecule has 136 valence electrons. The number of hydrogen-bond donors (Lipinski definition) is 1. The van der Waals surface area contributed by atoms with E-state index >= 15 is 0 Å². The van der Waals surface area contributed by atoms with Gasteiger partial charge >= 0.3 is 0 Å². The number of fused-ring (bicyclic) bond motifs is 1. The molecule has 1 aliphatic heterocycles. The van der Waals surface area contributed by atoms with Crippen LogP contribution in [0.15, 0.2) is 24.5 Å². The number of piperidine rings is 1. The maximum atomic E-state index is 14.3. The Kier molecular flexibility index (Phi) is 4.92. The number of carbonyl (C=O) groups excluding carboxylic acids is 1. The van der Waals surface area contributed by atoms with Gasteiger partial charge in [-0.2, -0.15) is 5.26 Å². The van der Waals surface area contributed by atoms with Crippen LogP contribution in [0.5, 0.6) is 0 Å². The van der Waals surface area contributed by atoms with E-state index < -0.39 is 36.2 Å². The van der Waals surface area contributed by atoms with Gasteiger partial charge in [0.2, 0.25) is 5.91 Å². The maximum absolute atomic E-state index is 14.3. The molecule has 6 nitrogen and oxygen atoms in total. The molecule has 2 aromatic rings. The van der Waals surface area contributed by atoms with Gasteiger partial charge in [0.15, 0.2) is 0 Å². The minimum absolute atomic E-state index is 0.183. The van der Waals surface area contributed by atoms with Crippen LogP contribution in [-0.4, -0.2) is 46.3 Å². The van der Waals surface area contributed by atoms with Crippen molar-refractivity contribution >= 4 is 34.2 Å². The Bertz CT molecular complexity index is 883. The second kappa shape index (κ2) is 7.00. The highest BCUT2D eigenvalue weighted by molar-refractivity contribution is 6.30. The molecular formula is C17H16ClF2N5O. The zero-order valence-electron chi connectivity index (χ0n) is 13.9. The lowest BCUT2D eigenvalue weighted by atomic mass is 10.0. The predicted molar refractivity (Wildman–Crippen MR) is 93.3 cm³/mol. The highest BCUT2D eigenvalue weighted by Crippen LogP contribution is 2.33. The van der Waals surface area contributed by atoms with E-state index in [1.54, 1.807) is 6.07 Å². The summed E-state index contributed by atoms with van der Waals surface area (Å²) in [6, 6.07) is 4.39. The molecule has 1 aromatic heterocycles. The molecule has 9 heteroatoms. The van der Waals surface area contributed by atoms with Crippen LogP contribution in [0.4, 0.5) is 14.5 Å². The molecule has 0 radical (unpaired) electrons. The van der Waals surface area contributed by atoms with E-state index in [4.69, 9.17) is 11.6 Å². The first kappa shape index (κ1) is 18.3. The van der Waals surface area contributed by atoms with Crippen molar-refractivity contribution in [3.05, 3.63) is 30.1 Å². The van der Waals surface area contributed by atoms with Crippen LogP contribution in [-0.2, 0) is 4.79 Å². The lowest BCUT2D eigenvalue weighted by Crippen LogP contribution is -2.56. The van der Waals surface area contributed by atoms with Gasteiger partial charge in [-0.25, -0.2) is 8.78 Å². The fourth-order valence-electron chi connectivity index (χ4n) is 3.08. The fourth-order valence-corrected chi connectivity index (χ4v) is 3.15. The smallest absolute Gasteiger partial charge is 0.267 e. The predicted octanol–water partition coefficient (Wildman–Crippen LogP) is 2.46. The fraction of sp³-hybridized carbons (Fsp3) is 0.412. The van der Waals surface area contributed by atoms with Crippen molar-refractivity contribution in [2.45, 2.75) is 30.7 Å². The summed E-state index contributed by atoms with van der Waals surface area (Å²) in [5.74, 6) is -3.48. The summed E-state index contributed by atoms with van der Waals surface area (Å²) < 4.78 is 28.5. The molecule has 2 heterocycles. The minimum Gasteiger partial charge on any atom is -0.362 e. The number of benzene rings is 1. The van der Waals surface area contributed by atoms with Crippen molar-refractivity contribution in [1.82, 2.24) is 15.3 Å². The van der Waals surface area contributed by atoms with Crippen molar-refractivity contribution in [1.29, 1.82) is 5.26 Å². The largest absolute Gasteiger partial charge is 0.362 e. The lowest BCUT2D eigenvalue weighted by molar-refractivity contribution is -0.122. The molecule has 1 aromatic carbocycles. The summed E-state index contributed by atoms with van der Waals surface area (Å²) in [5.41, 5.74) is 1.50. The lowest BCUT2D eigenvalue weighted by Gasteiger charge is -2.39. The van der Waals surface area contributed by atoms with Crippen LogP contribution < -0.4 is 10.2 Å². The Hall–Kier alpha value is -2.53. The van der Waals surface area contributed by atoms with Gasteiger partial charge < -0.3 is 10.2 Å². The summed E-state index contributed by atoms with van der Waals surface area (Å²) in [7, 11) is 0. The van der Waals surface area contributed by atoms with E-state index in [9.17, 15) is 18.8 Å². The molecule has 26 heavy (non-hydrogen) atoms.